The second kappa shape index (κ2) is 6.24. The number of pyridine rings is 1. The Hall–Kier alpha value is -3.40. The maximum atomic E-state index is 12.6. The van der Waals surface area contributed by atoms with Crippen LogP contribution in [0.25, 0.3) is 16.9 Å². The number of benzene rings is 2. The maximum absolute atomic E-state index is 12.6. The van der Waals surface area contributed by atoms with Crippen LogP contribution < -0.4 is 5.32 Å². The number of aromatic nitrogens is 2. The van der Waals surface area contributed by atoms with Crippen molar-refractivity contribution in [3.63, 3.8) is 0 Å². The van der Waals surface area contributed by atoms with Crippen LogP contribution in [0.4, 0.5) is 5.69 Å². The lowest BCUT2D eigenvalue weighted by Gasteiger charge is -2.10. The summed E-state index contributed by atoms with van der Waals surface area (Å²) in [6.45, 7) is 1.97. The summed E-state index contributed by atoms with van der Waals surface area (Å²) in [6.07, 6.45) is 3.92. The summed E-state index contributed by atoms with van der Waals surface area (Å²) < 4.78 is 1.97. The van der Waals surface area contributed by atoms with Crippen LogP contribution in [0.3, 0.4) is 0 Å². The SMILES string of the molecule is Cc1cccc(C(=O)Nc2ccccc2-c2cn3ccccc3n2)c1. The molecule has 0 unspecified atom stereocenters. The molecule has 1 N–H and O–H groups in total. The number of aryl methyl sites for hydroxylation is 1. The van der Waals surface area contributed by atoms with E-state index in [-0.39, 0.29) is 5.91 Å². The number of nitrogens with zero attached hydrogens (tertiary/aromatic N) is 2. The number of fused-ring (bicyclic) bond motifs is 1. The van der Waals surface area contributed by atoms with E-state index in [9.17, 15) is 4.79 Å². The minimum absolute atomic E-state index is 0.125. The van der Waals surface area contributed by atoms with Crippen molar-refractivity contribution in [1.29, 1.82) is 0 Å². The third kappa shape index (κ3) is 3.02. The molecule has 0 aliphatic carbocycles. The second-order valence-electron chi connectivity index (χ2n) is 5.96. The van der Waals surface area contributed by atoms with Crippen molar-refractivity contribution in [3.8, 4) is 11.3 Å². The number of carbonyl (C=O) groups is 1. The topological polar surface area (TPSA) is 46.4 Å². The smallest absolute Gasteiger partial charge is 0.255 e. The van der Waals surface area contributed by atoms with E-state index in [0.717, 1.165) is 28.2 Å². The van der Waals surface area contributed by atoms with Crippen molar-refractivity contribution in [2.24, 2.45) is 0 Å². The van der Waals surface area contributed by atoms with Crippen LogP contribution in [0.15, 0.2) is 79.1 Å². The van der Waals surface area contributed by atoms with Crippen LogP contribution in [-0.2, 0) is 0 Å². The Morgan fingerprint density at radius 1 is 1.00 bits per heavy atom. The van der Waals surface area contributed by atoms with Crippen molar-refractivity contribution >= 4 is 17.2 Å². The van der Waals surface area contributed by atoms with E-state index in [1.807, 2.05) is 90.4 Å². The number of nitrogens with one attached hydrogen (secondary N) is 1. The fraction of sp³-hybridized carbons (Fsp3) is 0.0476. The number of amides is 1. The first-order valence-corrected chi connectivity index (χ1v) is 8.12. The molecule has 122 valence electrons. The molecule has 2 heterocycles. The molecule has 0 bridgehead atoms. The summed E-state index contributed by atoms with van der Waals surface area (Å²) in [5.74, 6) is -0.125. The molecule has 0 aliphatic heterocycles. The maximum Gasteiger partial charge on any atom is 0.255 e. The molecule has 0 aliphatic rings. The molecule has 0 atom stereocenters. The standard InChI is InChI=1S/C21H17N3O/c1-15-7-6-8-16(13-15)21(25)23-18-10-3-2-9-17(18)19-14-24-12-5-4-11-20(24)22-19/h2-14H,1H3,(H,23,25). The van der Waals surface area contributed by atoms with Gasteiger partial charge in [-0.2, -0.15) is 0 Å². The van der Waals surface area contributed by atoms with E-state index < -0.39 is 0 Å². The quantitative estimate of drug-likeness (QED) is 0.599. The molecule has 0 saturated carbocycles. The normalized spacial score (nSPS) is 10.8. The van der Waals surface area contributed by atoms with Crippen molar-refractivity contribution in [2.75, 3.05) is 5.32 Å². The van der Waals surface area contributed by atoms with E-state index >= 15 is 0 Å². The summed E-state index contributed by atoms with van der Waals surface area (Å²) in [7, 11) is 0. The Kier molecular flexibility index (Phi) is 3.78. The zero-order chi connectivity index (χ0) is 17.2. The summed E-state index contributed by atoms with van der Waals surface area (Å²) in [5.41, 5.74) is 5.04. The van der Waals surface area contributed by atoms with E-state index in [4.69, 9.17) is 0 Å². The van der Waals surface area contributed by atoms with Gasteiger partial charge in [-0.1, -0.05) is 42.0 Å². The number of imidazole rings is 1. The van der Waals surface area contributed by atoms with Gasteiger partial charge in [-0.05, 0) is 37.3 Å². The van der Waals surface area contributed by atoms with E-state index in [1.54, 1.807) is 0 Å². The third-order valence-corrected chi connectivity index (χ3v) is 4.10. The summed E-state index contributed by atoms with van der Waals surface area (Å²) in [4.78, 5) is 17.2. The number of rotatable bonds is 3. The van der Waals surface area contributed by atoms with Gasteiger partial charge in [-0.3, -0.25) is 4.79 Å². The van der Waals surface area contributed by atoms with Gasteiger partial charge in [-0.25, -0.2) is 4.98 Å². The molecule has 0 spiro atoms. The van der Waals surface area contributed by atoms with E-state index in [2.05, 4.69) is 10.3 Å². The highest BCUT2D eigenvalue weighted by atomic mass is 16.1. The van der Waals surface area contributed by atoms with Crippen LogP contribution >= 0.6 is 0 Å². The Morgan fingerprint density at radius 3 is 2.68 bits per heavy atom. The second-order valence-corrected chi connectivity index (χ2v) is 5.96. The first-order valence-electron chi connectivity index (χ1n) is 8.12. The highest BCUT2D eigenvalue weighted by Gasteiger charge is 2.12. The number of hydrogen-bond acceptors (Lipinski definition) is 2. The average Bonchev–Trinajstić information content (AvgIpc) is 3.06. The van der Waals surface area contributed by atoms with Crippen LogP contribution in [0.2, 0.25) is 0 Å². The largest absolute Gasteiger partial charge is 0.321 e. The highest BCUT2D eigenvalue weighted by Crippen LogP contribution is 2.27. The van der Waals surface area contributed by atoms with Gasteiger partial charge >= 0.3 is 0 Å². The summed E-state index contributed by atoms with van der Waals surface area (Å²) >= 11 is 0. The van der Waals surface area contributed by atoms with Gasteiger partial charge in [0.1, 0.15) is 5.65 Å². The Labute approximate surface area is 145 Å². The predicted octanol–water partition coefficient (Wildman–Crippen LogP) is 4.56. The zero-order valence-electron chi connectivity index (χ0n) is 13.8. The van der Waals surface area contributed by atoms with Gasteiger partial charge in [-0.15, -0.1) is 0 Å². The third-order valence-electron chi connectivity index (χ3n) is 4.10. The van der Waals surface area contributed by atoms with Gasteiger partial charge in [0.15, 0.2) is 0 Å². The molecule has 25 heavy (non-hydrogen) atoms. The zero-order valence-corrected chi connectivity index (χ0v) is 13.8. The van der Waals surface area contributed by atoms with Gasteiger partial charge in [0, 0.05) is 23.5 Å². The summed E-state index contributed by atoms with van der Waals surface area (Å²) in [5, 5.41) is 3.01. The number of carbonyl (C=O) groups excluding carboxylic acids is 1. The fourth-order valence-corrected chi connectivity index (χ4v) is 2.86. The predicted molar refractivity (Wildman–Crippen MR) is 99.8 cm³/mol. The van der Waals surface area contributed by atoms with Crippen molar-refractivity contribution in [1.82, 2.24) is 9.38 Å². The van der Waals surface area contributed by atoms with Crippen molar-refractivity contribution in [3.05, 3.63) is 90.3 Å². The van der Waals surface area contributed by atoms with Gasteiger partial charge in [0.2, 0.25) is 0 Å². The van der Waals surface area contributed by atoms with Gasteiger partial charge in [0.05, 0.1) is 11.4 Å². The van der Waals surface area contributed by atoms with Crippen molar-refractivity contribution in [2.45, 2.75) is 6.92 Å². The van der Waals surface area contributed by atoms with Crippen LogP contribution in [0.5, 0.6) is 0 Å². The highest BCUT2D eigenvalue weighted by molar-refractivity contribution is 6.06. The Bertz CT molecular complexity index is 1030. The molecule has 4 heteroatoms. The molecule has 1 amide bonds. The van der Waals surface area contributed by atoms with Crippen LogP contribution in [-0.4, -0.2) is 15.3 Å². The molecule has 0 radical (unpaired) electrons. The first kappa shape index (κ1) is 15.1. The van der Waals surface area contributed by atoms with E-state index in [1.165, 1.54) is 0 Å². The van der Waals surface area contributed by atoms with Crippen LogP contribution in [0.1, 0.15) is 15.9 Å². The Morgan fingerprint density at radius 2 is 1.84 bits per heavy atom. The molecule has 4 aromatic rings. The lowest BCUT2D eigenvalue weighted by Crippen LogP contribution is -2.12. The average molecular weight is 327 g/mol. The number of anilines is 1. The minimum atomic E-state index is -0.125. The summed E-state index contributed by atoms with van der Waals surface area (Å²) in [6, 6.07) is 21.1. The van der Waals surface area contributed by atoms with Crippen LogP contribution in [0, 0.1) is 6.92 Å². The molecule has 2 aromatic heterocycles. The first-order chi connectivity index (χ1) is 12.2. The molecule has 2 aromatic carbocycles. The number of para-hydroxylation sites is 1. The van der Waals surface area contributed by atoms with Crippen molar-refractivity contribution < 1.29 is 4.79 Å². The minimum Gasteiger partial charge on any atom is -0.321 e. The molecule has 0 saturated heterocycles. The Balaban J connectivity index is 1.70. The molecule has 0 fully saturated rings. The molecule has 4 rings (SSSR count). The van der Waals surface area contributed by atoms with Gasteiger partial charge < -0.3 is 9.72 Å². The fourth-order valence-electron chi connectivity index (χ4n) is 2.86. The number of hydrogen-bond donors (Lipinski definition) is 1. The molecular weight excluding hydrogens is 310 g/mol. The van der Waals surface area contributed by atoms with Gasteiger partial charge in [0.25, 0.3) is 5.91 Å². The molecule has 4 nitrogen and oxygen atoms in total. The van der Waals surface area contributed by atoms with E-state index in [0.29, 0.717) is 5.56 Å². The lowest BCUT2D eigenvalue weighted by molar-refractivity contribution is 0.102. The molecular formula is C21H17N3O. The monoisotopic (exact) mass is 327 g/mol. The lowest BCUT2D eigenvalue weighted by atomic mass is 10.1.